The van der Waals surface area contributed by atoms with Crippen LogP contribution in [0.25, 0.3) is 0 Å². The van der Waals surface area contributed by atoms with Crippen LogP contribution in [-0.4, -0.2) is 34.3 Å². The lowest BCUT2D eigenvalue weighted by Crippen LogP contribution is -2.16. The highest BCUT2D eigenvalue weighted by molar-refractivity contribution is 5.75. The molecule has 10 heavy (non-hydrogen) atoms. The van der Waals surface area contributed by atoms with Crippen molar-refractivity contribution in [1.82, 2.24) is 0 Å². The van der Waals surface area contributed by atoms with E-state index in [1.807, 2.05) is 6.92 Å². The van der Waals surface area contributed by atoms with E-state index in [1.165, 1.54) is 0 Å². The Hall–Kier alpha value is 0.726. The third-order valence-corrected chi connectivity index (χ3v) is 1.32. The van der Waals surface area contributed by atoms with Crippen LogP contribution < -0.4 is 0 Å². The molecule has 1 N–H and O–H groups in total. The Kier molecular flexibility index (Phi) is 7.18. The van der Waals surface area contributed by atoms with Crippen molar-refractivity contribution in [1.29, 1.82) is 0 Å². The summed E-state index contributed by atoms with van der Waals surface area (Å²) < 4.78 is 0. The predicted molar refractivity (Wildman–Crippen MR) is 48.9 cm³/mol. The van der Waals surface area contributed by atoms with Gasteiger partial charge in [-0.05, 0) is 18.3 Å². The maximum atomic E-state index is 9.19. The van der Waals surface area contributed by atoms with E-state index in [0.29, 0.717) is 0 Å². The van der Waals surface area contributed by atoms with Gasteiger partial charge in [0.15, 0.2) is 0 Å². The lowest BCUT2D eigenvalue weighted by Gasteiger charge is -2.20. The molecule has 0 spiro atoms. The Morgan fingerprint density at radius 3 is 1.80 bits per heavy atom. The molecule has 0 saturated heterocycles. The standard InChI is InChI=1S/C8H18O.Mg.2H/c1-5-7(9)6-8(2,3)4;;;/h7,9H,5-6H2,1-4H3;;;. The zero-order valence-corrected chi connectivity index (χ0v) is 6.94. The van der Waals surface area contributed by atoms with Crippen molar-refractivity contribution < 1.29 is 5.11 Å². The third-order valence-electron chi connectivity index (χ3n) is 1.32. The molecule has 60 valence electrons. The van der Waals surface area contributed by atoms with Gasteiger partial charge in [0.25, 0.3) is 0 Å². The van der Waals surface area contributed by atoms with Gasteiger partial charge in [-0.1, -0.05) is 27.7 Å². The molecule has 0 aromatic heterocycles. The summed E-state index contributed by atoms with van der Waals surface area (Å²) in [6.07, 6.45) is 1.67. The highest BCUT2D eigenvalue weighted by Crippen LogP contribution is 2.21. The zero-order valence-electron chi connectivity index (χ0n) is 6.94. The van der Waals surface area contributed by atoms with E-state index >= 15 is 0 Å². The molecule has 0 amide bonds. The Morgan fingerprint density at radius 2 is 1.70 bits per heavy atom. The molecular formula is C8H20MgO. The van der Waals surface area contributed by atoms with Crippen LogP contribution in [0.1, 0.15) is 40.5 Å². The highest BCUT2D eigenvalue weighted by atomic mass is 24.3. The SMILES string of the molecule is CCC(O)CC(C)(C)C.[MgH2]. The summed E-state index contributed by atoms with van der Waals surface area (Å²) in [7, 11) is 0. The molecule has 1 atom stereocenters. The maximum absolute atomic E-state index is 9.19. The van der Waals surface area contributed by atoms with E-state index < -0.39 is 0 Å². The van der Waals surface area contributed by atoms with E-state index in [4.69, 9.17) is 0 Å². The lowest BCUT2D eigenvalue weighted by atomic mass is 9.88. The van der Waals surface area contributed by atoms with E-state index in [1.54, 1.807) is 0 Å². The maximum Gasteiger partial charge on any atom is 0.316 e. The van der Waals surface area contributed by atoms with Crippen LogP contribution in [-0.2, 0) is 0 Å². The fourth-order valence-corrected chi connectivity index (χ4v) is 0.851. The monoisotopic (exact) mass is 156 g/mol. The quantitative estimate of drug-likeness (QED) is 0.597. The van der Waals surface area contributed by atoms with E-state index in [9.17, 15) is 5.11 Å². The van der Waals surface area contributed by atoms with Crippen molar-refractivity contribution >= 4 is 23.1 Å². The molecule has 0 aliphatic carbocycles. The van der Waals surface area contributed by atoms with Crippen LogP contribution in [0.4, 0.5) is 0 Å². The first-order valence-corrected chi connectivity index (χ1v) is 3.64. The van der Waals surface area contributed by atoms with Crippen LogP contribution in [0.15, 0.2) is 0 Å². The third kappa shape index (κ3) is 8.73. The molecule has 0 rings (SSSR count). The molecule has 0 fully saturated rings. The van der Waals surface area contributed by atoms with Crippen molar-refractivity contribution in [3.05, 3.63) is 0 Å². The van der Waals surface area contributed by atoms with Gasteiger partial charge >= 0.3 is 23.1 Å². The average Bonchev–Trinajstić information content (AvgIpc) is 1.62. The summed E-state index contributed by atoms with van der Waals surface area (Å²) in [5, 5.41) is 9.19. The minimum absolute atomic E-state index is 0. The van der Waals surface area contributed by atoms with Crippen molar-refractivity contribution in [2.45, 2.75) is 46.6 Å². The molecule has 0 bridgehead atoms. The van der Waals surface area contributed by atoms with Crippen molar-refractivity contribution in [3.8, 4) is 0 Å². The van der Waals surface area contributed by atoms with Crippen LogP contribution in [0, 0.1) is 5.41 Å². The van der Waals surface area contributed by atoms with Gasteiger partial charge in [-0.25, -0.2) is 0 Å². The van der Waals surface area contributed by atoms with Crippen molar-refractivity contribution in [2.75, 3.05) is 0 Å². The minimum Gasteiger partial charge on any atom is -0.393 e. The normalized spacial score (nSPS) is 14.1. The van der Waals surface area contributed by atoms with Gasteiger partial charge in [0, 0.05) is 0 Å². The van der Waals surface area contributed by atoms with Gasteiger partial charge in [-0.15, -0.1) is 0 Å². The van der Waals surface area contributed by atoms with Gasteiger partial charge in [-0.2, -0.15) is 0 Å². The largest absolute Gasteiger partial charge is 0.393 e. The van der Waals surface area contributed by atoms with Gasteiger partial charge in [0.05, 0.1) is 6.10 Å². The summed E-state index contributed by atoms with van der Waals surface area (Å²) >= 11 is 0. The second-order valence-corrected chi connectivity index (χ2v) is 3.83. The number of rotatable bonds is 2. The molecule has 2 heteroatoms. The molecule has 0 aromatic carbocycles. The average molecular weight is 157 g/mol. The molecule has 0 aliphatic rings. The van der Waals surface area contributed by atoms with Gasteiger partial charge in [-0.3, -0.25) is 0 Å². The topological polar surface area (TPSA) is 20.2 Å². The fraction of sp³-hybridized carbons (Fsp3) is 1.00. The molecule has 0 aliphatic heterocycles. The predicted octanol–water partition coefficient (Wildman–Crippen LogP) is 1.28. The molecule has 0 heterocycles. The highest BCUT2D eigenvalue weighted by Gasteiger charge is 2.14. The summed E-state index contributed by atoms with van der Waals surface area (Å²) in [5.74, 6) is 0. The second kappa shape index (κ2) is 5.39. The van der Waals surface area contributed by atoms with Gasteiger partial charge in [0.1, 0.15) is 0 Å². The molecule has 0 radical (unpaired) electrons. The number of hydrogen-bond donors (Lipinski definition) is 1. The van der Waals surface area contributed by atoms with Gasteiger partial charge < -0.3 is 5.11 Å². The molecule has 1 nitrogen and oxygen atoms in total. The zero-order chi connectivity index (χ0) is 7.49. The van der Waals surface area contributed by atoms with Crippen molar-refractivity contribution in [2.24, 2.45) is 5.41 Å². The first kappa shape index (κ1) is 13.3. The van der Waals surface area contributed by atoms with E-state index in [0.717, 1.165) is 12.8 Å². The first-order valence-electron chi connectivity index (χ1n) is 3.64. The summed E-state index contributed by atoms with van der Waals surface area (Å²) in [6, 6.07) is 0. The van der Waals surface area contributed by atoms with Crippen molar-refractivity contribution in [3.63, 3.8) is 0 Å². The Balaban J connectivity index is 0. The van der Waals surface area contributed by atoms with Crippen LogP contribution >= 0.6 is 0 Å². The fourth-order valence-electron chi connectivity index (χ4n) is 0.851. The van der Waals surface area contributed by atoms with E-state index in [2.05, 4.69) is 20.8 Å². The summed E-state index contributed by atoms with van der Waals surface area (Å²) in [6.45, 7) is 8.44. The molecule has 1 unspecified atom stereocenters. The Bertz CT molecular complexity index is 75.8. The molecular weight excluding hydrogens is 136 g/mol. The lowest BCUT2D eigenvalue weighted by molar-refractivity contribution is 0.118. The second-order valence-electron chi connectivity index (χ2n) is 3.83. The Labute approximate surface area is 80.4 Å². The number of aliphatic hydroxyl groups excluding tert-OH is 1. The minimum atomic E-state index is -0.106. The summed E-state index contributed by atoms with van der Waals surface area (Å²) in [5.41, 5.74) is 0.273. The molecule has 0 saturated carbocycles. The number of hydrogen-bond acceptors (Lipinski definition) is 1. The number of aliphatic hydroxyl groups is 1. The van der Waals surface area contributed by atoms with Gasteiger partial charge in [0.2, 0.25) is 0 Å². The summed E-state index contributed by atoms with van der Waals surface area (Å²) in [4.78, 5) is 0. The smallest absolute Gasteiger partial charge is 0.316 e. The van der Waals surface area contributed by atoms with Crippen LogP contribution in [0.2, 0.25) is 0 Å². The van der Waals surface area contributed by atoms with Crippen LogP contribution in [0.3, 0.4) is 0 Å². The Morgan fingerprint density at radius 1 is 1.30 bits per heavy atom. The molecule has 0 aromatic rings. The van der Waals surface area contributed by atoms with E-state index in [-0.39, 0.29) is 34.6 Å². The van der Waals surface area contributed by atoms with Crippen LogP contribution in [0.5, 0.6) is 0 Å². The first-order chi connectivity index (χ1) is 3.95.